The van der Waals surface area contributed by atoms with E-state index in [4.69, 9.17) is 9.31 Å². The molecule has 0 radical (unpaired) electrons. The molecule has 3 rings (SSSR count). The molecule has 0 N–H and O–H groups in total. The molecule has 2 fully saturated rings. The Kier molecular flexibility index (Phi) is 3.22. The Morgan fingerprint density at radius 1 is 1.24 bits per heavy atom. The first-order chi connectivity index (χ1) is 9.60. The topological polar surface area (TPSA) is 36.3 Å². The van der Waals surface area contributed by atoms with Crippen molar-refractivity contribution in [3.05, 3.63) is 12.4 Å². The predicted octanol–water partition coefficient (Wildman–Crippen LogP) is 2.54. The van der Waals surface area contributed by atoms with Crippen molar-refractivity contribution >= 4 is 12.6 Å². The molecule has 1 aliphatic heterocycles. The number of rotatable bonds is 2. The molecule has 2 heterocycles. The summed E-state index contributed by atoms with van der Waals surface area (Å²) in [7, 11) is -0.495. The molecule has 4 nitrogen and oxygen atoms in total. The van der Waals surface area contributed by atoms with Gasteiger partial charge < -0.3 is 9.31 Å². The van der Waals surface area contributed by atoms with Gasteiger partial charge in [-0.2, -0.15) is 5.10 Å². The average Bonchev–Trinajstić information content (AvgIpc) is 2.97. The fraction of sp³-hybridized carbons (Fsp3) is 0.786. The summed E-state index contributed by atoms with van der Waals surface area (Å²) in [6, 6.07) is -0.240. The van der Waals surface area contributed by atoms with E-state index in [0.29, 0.717) is 6.42 Å². The summed E-state index contributed by atoms with van der Waals surface area (Å²) >= 11 is 0. The standard InChI is InChI=1S/C14H21BF2N2O2/c1-12(2)13(3,4)21-15(20-12)10-8-18-19(9-10)11-5-6-14(16,17)7-11/h8-9,11H,5-7H2,1-4H3. The van der Waals surface area contributed by atoms with Gasteiger partial charge in [0.1, 0.15) is 0 Å². The normalized spacial score (nSPS) is 30.0. The van der Waals surface area contributed by atoms with Gasteiger partial charge in [0.05, 0.1) is 17.2 Å². The van der Waals surface area contributed by atoms with Crippen molar-refractivity contribution < 1.29 is 18.1 Å². The zero-order valence-electron chi connectivity index (χ0n) is 12.9. The van der Waals surface area contributed by atoms with E-state index < -0.39 is 24.2 Å². The Labute approximate surface area is 123 Å². The molecule has 1 unspecified atom stereocenters. The van der Waals surface area contributed by atoms with E-state index in [1.807, 2.05) is 27.7 Å². The molecule has 1 aromatic heterocycles. The maximum absolute atomic E-state index is 13.3. The van der Waals surface area contributed by atoms with Crippen LogP contribution in [0.5, 0.6) is 0 Å². The molecule has 1 atom stereocenters. The van der Waals surface area contributed by atoms with Gasteiger partial charge in [-0.25, -0.2) is 8.78 Å². The third-order valence-corrected chi connectivity index (χ3v) is 4.90. The molecule has 1 aliphatic carbocycles. The van der Waals surface area contributed by atoms with E-state index in [1.54, 1.807) is 17.1 Å². The summed E-state index contributed by atoms with van der Waals surface area (Å²) in [4.78, 5) is 0. The quantitative estimate of drug-likeness (QED) is 0.787. The van der Waals surface area contributed by atoms with Gasteiger partial charge in [0.25, 0.3) is 0 Å². The summed E-state index contributed by atoms with van der Waals surface area (Å²) < 4.78 is 40.1. The first kappa shape index (κ1) is 15.0. The Bertz CT molecular complexity index is 529. The molecule has 1 saturated heterocycles. The molecule has 1 aromatic rings. The summed E-state index contributed by atoms with van der Waals surface area (Å²) in [5.41, 5.74) is -0.0517. The smallest absolute Gasteiger partial charge is 0.399 e. The van der Waals surface area contributed by atoms with Gasteiger partial charge >= 0.3 is 7.12 Å². The molecule has 116 valence electrons. The monoisotopic (exact) mass is 298 g/mol. The second-order valence-electron chi connectivity index (χ2n) is 7.09. The van der Waals surface area contributed by atoms with Gasteiger partial charge in [-0.05, 0) is 34.1 Å². The van der Waals surface area contributed by atoms with Crippen LogP contribution in [0.15, 0.2) is 12.4 Å². The van der Waals surface area contributed by atoms with Crippen LogP contribution in [0.3, 0.4) is 0 Å². The second kappa shape index (κ2) is 4.52. The van der Waals surface area contributed by atoms with Crippen LogP contribution >= 0.6 is 0 Å². The predicted molar refractivity (Wildman–Crippen MR) is 75.8 cm³/mol. The third-order valence-electron chi connectivity index (χ3n) is 4.90. The van der Waals surface area contributed by atoms with Crippen LogP contribution in [-0.2, 0) is 9.31 Å². The molecule has 0 spiro atoms. The Morgan fingerprint density at radius 2 is 1.86 bits per heavy atom. The lowest BCUT2D eigenvalue weighted by Gasteiger charge is -2.32. The van der Waals surface area contributed by atoms with Crippen molar-refractivity contribution in [1.82, 2.24) is 9.78 Å². The highest BCUT2D eigenvalue weighted by Gasteiger charge is 2.52. The molecular formula is C14H21BF2N2O2. The summed E-state index contributed by atoms with van der Waals surface area (Å²) in [5.74, 6) is -2.57. The maximum atomic E-state index is 13.3. The zero-order chi connectivity index (χ0) is 15.5. The molecule has 21 heavy (non-hydrogen) atoms. The largest absolute Gasteiger partial charge is 0.498 e. The minimum atomic E-state index is -2.57. The van der Waals surface area contributed by atoms with Gasteiger partial charge in [0, 0.05) is 30.7 Å². The van der Waals surface area contributed by atoms with Crippen LogP contribution < -0.4 is 5.46 Å². The van der Waals surface area contributed by atoms with Crippen molar-refractivity contribution in [3.8, 4) is 0 Å². The molecule has 1 saturated carbocycles. The van der Waals surface area contributed by atoms with Crippen molar-refractivity contribution in [3.63, 3.8) is 0 Å². The highest BCUT2D eigenvalue weighted by atomic mass is 19.3. The summed E-state index contributed by atoms with van der Waals surface area (Å²) in [6.07, 6.45) is 3.67. The van der Waals surface area contributed by atoms with Crippen LogP contribution in [-0.4, -0.2) is 34.0 Å². The fourth-order valence-corrected chi connectivity index (χ4v) is 2.81. The van der Waals surface area contributed by atoms with Crippen molar-refractivity contribution in [1.29, 1.82) is 0 Å². The van der Waals surface area contributed by atoms with Crippen LogP contribution in [0.4, 0.5) is 8.78 Å². The SMILES string of the molecule is CC1(C)OB(c2cnn(C3CCC(F)(F)C3)c2)OC1(C)C. The third kappa shape index (κ3) is 2.61. The van der Waals surface area contributed by atoms with Crippen LogP contribution in [0, 0.1) is 0 Å². The summed E-state index contributed by atoms with van der Waals surface area (Å²) in [5, 5.41) is 4.23. The number of hydrogen-bond acceptors (Lipinski definition) is 3. The molecule has 0 amide bonds. The highest BCUT2D eigenvalue weighted by molar-refractivity contribution is 6.61. The first-order valence-corrected chi connectivity index (χ1v) is 7.37. The van der Waals surface area contributed by atoms with Crippen LogP contribution in [0.2, 0.25) is 0 Å². The lowest BCUT2D eigenvalue weighted by atomic mass is 9.82. The molecule has 0 aromatic carbocycles. The molecular weight excluding hydrogens is 277 g/mol. The maximum Gasteiger partial charge on any atom is 0.498 e. The van der Waals surface area contributed by atoms with E-state index in [9.17, 15) is 8.78 Å². The molecule has 2 aliphatic rings. The van der Waals surface area contributed by atoms with Gasteiger partial charge in [-0.15, -0.1) is 0 Å². The highest BCUT2D eigenvalue weighted by Crippen LogP contribution is 2.41. The zero-order valence-corrected chi connectivity index (χ0v) is 12.9. The number of halogens is 2. The van der Waals surface area contributed by atoms with Crippen molar-refractivity contribution in [2.24, 2.45) is 0 Å². The van der Waals surface area contributed by atoms with E-state index >= 15 is 0 Å². The number of aromatic nitrogens is 2. The van der Waals surface area contributed by atoms with Crippen LogP contribution in [0.25, 0.3) is 0 Å². The van der Waals surface area contributed by atoms with Gasteiger partial charge in [0.15, 0.2) is 0 Å². The van der Waals surface area contributed by atoms with Crippen molar-refractivity contribution in [2.45, 2.75) is 70.1 Å². The van der Waals surface area contributed by atoms with E-state index in [2.05, 4.69) is 5.10 Å². The Balaban J connectivity index is 1.75. The van der Waals surface area contributed by atoms with Gasteiger partial charge in [0.2, 0.25) is 5.92 Å². The number of hydrogen-bond donors (Lipinski definition) is 0. The van der Waals surface area contributed by atoms with E-state index in [1.165, 1.54) is 0 Å². The second-order valence-corrected chi connectivity index (χ2v) is 7.09. The van der Waals surface area contributed by atoms with Crippen molar-refractivity contribution in [2.75, 3.05) is 0 Å². The lowest BCUT2D eigenvalue weighted by Crippen LogP contribution is -2.41. The Morgan fingerprint density at radius 3 is 2.38 bits per heavy atom. The fourth-order valence-electron chi connectivity index (χ4n) is 2.81. The molecule has 0 bridgehead atoms. The van der Waals surface area contributed by atoms with Gasteiger partial charge in [-0.3, -0.25) is 4.68 Å². The first-order valence-electron chi connectivity index (χ1n) is 7.37. The Hall–Kier alpha value is -0.945. The van der Waals surface area contributed by atoms with E-state index in [-0.39, 0.29) is 18.9 Å². The lowest BCUT2D eigenvalue weighted by molar-refractivity contribution is 0.00519. The minimum Gasteiger partial charge on any atom is -0.399 e. The van der Waals surface area contributed by atoms with Crippen LogP contribution in [0.1, 0.15) is 53.0 Å². The molecule has 7 heteroatoms. The van der Waals surface area contributed by atoms with E-state index in [0.717, 1.165) is 5.46 Å². The number of alkyl halides is 2. The average molecular weight is 298 g/mol. The number of nitrogens with zero attached hydrogens (tertiary/aromatic N) is 2. The summed E-state index contributed by atoms with van der Waals surface area (Å²) in [6.45, 7) is 7.92. The van der Waals surface area contributed by atoms with Gasteiger partial charge in [-0.1, -0.05) is 0 Å². The minimum absolute atomic E-state index is 0.0661.